The Hall–Kier alpha value is -2.28. The highest BCUT2D eigenvalue weighted by Crippen LogP contribution is 2.38. The van der Waals surface area contributed by atoms with Crippen LogP contribution in [0.1, 0.15) is 16.1 Å². The fraction of sp³-hybridized carbons (Fsp3) is 0.333. The van der Waals surface area contributed by atoms with Crippen LogP contribution in [0.4, 0.5) is 5.13 Å². The molecule has 6 nitrogen and oxygen atoms in total. The molecule has 0 aliphatic heterocycles. The molecule has 22 heavy (non-hydrogen) atoms. The van der Waals surface area contributed by atoms with Crippen molar-refractivity contribution in [3.63, 3.8) is 0 Å². The number of aryl methyl sites for hydroxylation is 1. The van der Waals surface area contributed by atoms with Crippen molar-refractivity contribution in [3.05, 3.63) is 28.8 Å². The Labute approximate surface area is 133 Å². The average molecular weight is 322 g/mol. The predicted molar refractivity (Wildman–Crippen MR) is 85.7 cm³/mol. The molecule has 0 fully saturated rings. The van der Waals surface area contributed by atoms with E-state index in [0.717, 1.165) is 5.69 Å². The van der Waals surface area contributed by atoms with Crippen LogP contribution in [0.15, 0.2) is 17.5 Å². The van der Waals surface area contributed by atoms with E-state index >= 15 is 0 Å². The van der Waals surface area contributed by atoms with Gasteiger partial charge in [0, 0.05) is 18.0 Å². The third-order valence-electron chi connectivity index (χ3n) is 3.11. The van der Waals surface area contributed by atoms with E-state index in [1.54, 1.807) is 19.2 Å². The number of hydrogen-bond donors (Lipinski definition) is 0. The summed E-state index contributed by atoms with van der Waals surface area (Å²) in [5.41, 5.74) is 1.31. The first kappa shape index (κ1) is 16.1. The van der Waals surface area contributed by atoms with Gasteiger partial charge in [0.1, 0.15) is 0 Å². The zero-order valence-corrected chi connectivity index (χ0v) is 14.0. The van der Waals surface area contributed by atoms with E-state index in [-0.39, 0.29) is 5.91 Å². The van der Waals surface area contributed by atoms with Crippen LogP contribution in [0.3, 0.4) is 0 Å². The maximum Gasteiger partial charge on any atom is 0.260 e. The number of methoxy groups -OCH3 is 3. The van der Waals surface area contributed by atoms with Gasteiger partial charge in [-0.2, -0.15) is 0 Å². The predicted octanol–water partition coefficient (Wildman–Crippen LogP) is 2.75. The minimum absolute atomic E-state index is 0.200. The molecule has 1 aromatic heterocycles. The molecule has 1 heterocycles. The van der Waals surface area contributed by atoms with Crippen LogP contribution in [0.25, 0.3) is 0 Å². The summed E-state index contributed by atoms with van der Waals surface area (Å²) in [4.78, 5) is 18.4. The van der Waals surface area contributed by atoms with Gasteiger partial charge in [0.25, 0.3) is 5.91 Å². The number of carbonyl (C=O) groups is 1. The third-order valence-corrected chi connectivity index (χ3v) is 4.15. The van der Waals surface area contributed by atoms with Crippen molar-refractivity contribution in [2.45, 2.75) is 6.92 Å². The summed E-state index contributed by atoms with van der Waals surface area (Å²) in [6.07, 6.45) is 0. The van der Waals surface area contributed by atoms with E-state index in [1.807, 2.05) is 12.3 Å². The lowest BCUT2D eigenvalue weighted by Crippen LogP contribution is -2.26. The number of rotatable bonds is 5. The molecule has 1 amide bonds. The van der Waals surface area contributed by atoms with Gasteiger partial charge in [-0.25, -0.2) is 4.98 Å². The molecule has 0 atom stereocenters. The van der Waals surface area contributed by atoms with Crippen LogP contribution in [0.5, 0.6) is 17.2 Å². The largest absolute Gasteiger partial charge is 0.493 e. The van der Waals surface area contributed by atoms with Crippen LogP contribution in [-0.4, -0.2) is 39.3 Å². The van der Waals surface area contributed by atoms with Crippen molar-refractivity contribution >= 4 is 22.4 Å². The fourth-order valence-electron chi connectivity index (χ4n) is 1.98. The van der Waals surface area contributed by atoms with Crippen LogP contribution in [0, 0.1) is 6.92 Å². The van der Waals surface area contributed by atoms with Crippen LogP contribution in [-0.2, 0) is 0 Å². The van der Waals surface area contributed by atoms with Crippen molar-refractivity contribution in [1.82, 2.24) is 4.98 Å². The van der Waals surface area contributed by atoms with Gasteiger partial charge >= 0.3 is 0 Å². The molecule has 0 saturated carbocycles. The SMILES string of the molecule is COc1cc(C(=O)N(C)c2nc(C)cs2)cc(OC)c1OC. The Morgan fingerprint density at radius 3 is 2.14 bits per heavy atom. The van der Waals surface area contributed by atoms with E-state index in [0.29, 0.717) is 27.9 Å². The minimum atomic E-state index is -0.200. The van der Waals surface area contributed by atoms with Gasteiger partial charge in [0.2, 0.25) is 5.75 Å². The normalized spacial score (nSPS) is 10.2. The van der Waals surface area contributed by atoms with Gasteiger partial charge in [-0.1, -0.05) is 0 Å². The van der Waals surface area contributed by atoms with Gasteiger partial charge in [0.15, 0.2) is 16.6 Å². The maximum atomic E-state index is 12.6. The van der Waals surface area contributed by atoms with E-state index in [9.17, 15) is 4.79 Å². The number of anilines is 1. The molecule has 0 spiro atoms. The number of aromatic nitrogens is 1. The second-order valence-electron chi connectivity index (χ2n) is 4.55. The fourth-order valence-corrected chi connectivity index (χ4v) is 2.75. The van der Waals surface area contributed by atoms with E-state index in [4.69, 9.17) is 14.2 Å². The number of nitrogens with zero attached hydrogens (tertiary/aromatic N) is 2. The molecule has 2 aromatic rings. The summed E-state index contributed by atoms with van der Waals surface area (Å²) in [6, 6.07) is 3.25. The summed E-state index contributed by atoms with van der Waals surface area (Å²) in [6.45, 7) is 1.89. The third kappa shape index (κ3) is 2.99. The molecule has 0 saturated heterocycles. The van der Waals surface area contributed by atoms with Crippen molar-refractivity contribution in [2.75, 3.05) is 33.3 Å². The molecule has 0 radical (unpaired) electrons. The van der Waals surface area contributed by atoms with Crippen molar-refractivity contribution < 1.29 is 19.0 Å². The lowest BCUT2D eigenvalue weighted by molar-refractivity contribution is 0.0992. The maximum absolute atomic E-state index is 12.6. The van der Waals surface area contributed by atoms with E-state index in [2.05, 4.69) is 4.98 Å². The first-order valence-electron chi connectivity index (χ1n) is 6.52. The second kappa shape index (κ2) is 6.65. The number of carbonyl (C=O) groups excluding carboxylic acids is 1. The summed E-state index contributed by atoms with van der Waals surface area (Å²) in [7, 11) is 6.23. The molecule has 0 aliphatic carbocycles. The lowest BCUT2D eigenvalue weighted by Gasteiger charge is -2.17. The molecule has 118 valence electrons. The van der Waals surface area contributed by atoms with Crippen molar-refractivity contribution in [3.8, 4) is 17.2 Å². The highest BCUT2D eigenvalue weighted by Gasteiger charge is 2.21. The molecule has 2 rings (SSSR count). The number of hydrogen-bond acceptors (Lipinski definition) is 6. The Bertz CT molecular complexity index is 659. The summed E-state index contributed by atoms with van der Waals surface area (Å²) >= 11 is 1.41. The molecular weight excluding hydrogens is 304 g/mol. The number of thiazole rings is 1. The van der Waals surface area contributed by atoms with Gasteiger partial charge < -0.3 is 14.2 Å². The average Bonchev–Trinajstić information content (AvgIpc) is 2.98. The smallest absolute Gasteiger partial charge is 0.260 e. The Kier molecular flexibility index (Phi) is 4.87. The summed E-state index contributed by atoms with van der Waals surface area (Å²) < 4.78 is 15.8. The van der Waals surface area contributed by atoms with Crippen molar-refractivity contribution in [1.29, 1.82) is 0 Å². The van der Waals surface area contributed by atoms with Gasteiger partial charge in [-0.15, -0.1) is 11.3 Å². The molecule has 1 aromatic carbocycles. The lowest BCUT2D eigenvalue weighted by atomic mass is 10.1. The van der Waals surface area contributed by atoms with E-state index in [1.165, 1.54) is 37.6 Å². The number of amides is 1. The molecule has 7 heteroatoms. The summed E-state index contributed by atoms with van der Waals surface area (Å²) in [5.74, 6) is 1.13. The van der Waals surface area contributed by atoms with Crippen LogP contribution in [0.2, 0.25) is 0 Å². The monoisotopic (exact) mass is 322 g/mol. The van der Waals surface area contributed by atoms with Gasteiger partial charge in [-0.05, 0) is 19.1 Å². The highest BCUT2D eigenvalue weighted by molar-refractivity contribution is 7.14. The zero-order chi connectivity index (χ0) is 16.3. The molecule has 0 N–H and O–H groups in total. The number of ether oxygens (including phenoxy) is 3. The van der Waals surface area contributed by atoms with Gasteiger partial charge in [0.05, 0.1) is 27.0 Å². The van der Waals surface area contributed by atoms with Crippen LogP contribution >= 0.6 is 11.3 Å². The number of benzene rings is 1. The van der Waals surface area contributed by atoms with Gasteiger partial charge in [-0.3, -0.25) is 9.69 Å². The second-order valence-corrected chi connectivity index (χ2v) is 5.39. The molecule has 0 unspecified atom stereocenters. The first-order valence-corrected chi connectivity index (χ1v) is 7.40. The Balaban J connectivity index is 2.41. The summed E-state index contributed by atoms with van der Waals surface area (Å²) in [5, 5.41) is 2.53. The Morgan fingerprint density at radius 1 is 1.14 bits per heavy atom. The molecular formula is C15H18N2O4S. The topological polar surface area (TPSA) is 60.9 Å². The Morgan fingerprint density at radius 2 is 1.73 bits per heavy atom. The minimum Gasteiger partial charge on any atom is -0.493 e. The van der Waals surface area contributed by atoms with E-state index < -0.39 is 0 Å². The molecule has 0 aliphatic rings. The molecule has 0 bridgehead atoms. The highest BCUT2D eigenvalue weighted by atomic mass is 32.1. The zero-order valence-electron chi connectivity index (χ0n) is 13.2. The standard InChI is InChI=1S/C15H18N2O4S/c1-9-8-22-15(16-9)17(2)14(18)10-6-11(19-3)13(21-5)12(7-10)20-4/h6-8H,1-5H3. The van der Waals surface area contributed by atoms with Crippen LogP contribution < -0.4 is 19.1 Å². The first-order chi connectivity index (χ1) is 10.5. The van der Waals surface area contributed by atoms with Crippen molar-refractivity contribution in [2.24, 2.45) is 0 Å². The quantitative estimate of drug-likeness (QED) is 0.847.